The van der Waals surface area contributed by atoms with Gasteiger partial charge in [-0.15, -0.1) is 22.7 Å². The summed E-state index contributed by atoms with van der Waals surface area (Å²) in [6.07, 6.45) is 0. The van der Waals surface area contributed by atoms with Crippen molar-refractivity contribution in [2.75, 3.05) is 6.61 Å². The number of esters is 1. The van der Waals surface area contributed by atoms with Gasteiger partial charge in [-0.3, -0.25) is 9.59 Å². The second kappa shape index (κ2) is 6.32. The SMILES string of the molecule is CC(=O)OCC(=O)c1ccc(C#Cc2cccs2)s1. The van der Waals surface area contributed by atoms with Crippen molar-refractivity contribution < 1.29 is 14.3 Å². The molecule has 0 amide bonds. The molecular formula is C14H10O3S2. The molecule has 19 heavy (non-hydrogen) atoms. The minimum absolute atomic E-state index is 0.204. The van der Waals surface area contributed by atoms with E-state index in [0.717, 1.165) is 9.75 Å². The van der Waals surface area contributed by atoms with E-state index < -0.39 is 5.97 Å². The van der Waals surface area contributed by atoms with Crippen LogP contribution in [0.3, 0.4) is 0 Å². The largest absolute Gasteiger partial charge is 0.457 e. The summed E-state index contributed by atoms with van der Waals surface area (Å²) in [5, 5.41) is 1.96. The van der Waals surface area contributed by atoms with Crippen molar-refractivity contribution in [1.82, 2.24) is 0 Å². The van der Waals surface area contributed by atoms with Crippen molar-refractivity contribution in [2.45, 2.75) is 6.92 Å². The van der Waals surface area contributed by atoms with E-state index >= 15 is 0 Å². The lowest BCUT2D eigenvalue weighted by molar-refractivity contribution is -0.139. The molecule has 0 saturated heterocycles. The van der Waals surface area contributed by atoms with Crippen molar-refractivity contribution in [3.8, 4) is 11.8 Å². The Labute approximate surface area is 118 Å². The maximum absolute atomic E-state index is 11.7. The van der Waals surface area contributed by atoms with E-state index in [2.05, 4.69) is 16.6 Å². The first kappa shape index (κ1) is 13.5. The van der Waals surface area contributed by atoms with E-state index in [9.17, 15) is 9.59 Å². The highest BCUT2D eigenvalue weighted by atomic mass is 32.1. The molecule has 0 aliphatic rings. The summed E-state index contributed by atoms with van der Waals surface area (Å²) >= 11 is 2.88. The highest BCUT2D eigenvalue weighted by Gasteiger charge is 2.10. The number of ketones is 1. The van der Waals surface area contributed by atoms with Crippen molar-refractivity contribution in [3.63, 3.8) is 0 Å². The van der Waals surface area contributed by atoms with E-state index in [1.54, 1.807) is 23.5 Å². The third-order valence-corrected chi connectivity index (χ3v) is 3.94. The standard InChI is InChI=1S/C14H10O3S2/c1-10(15)17-9-13(16)14-7-6-12(19-14)5-4-11-3-2-8-18-11/h2-3,6-8H,9H2,1H3. The first-order valence-corrected chi connectivity index (χ1v) is 7.16. The average Bonchev–Trinajstić information content (AvgIpc) is 3.04. The quantitative estimate of drug-likeness (QED) is 0.496. The molecule has 2 rings (SSSR count). The van der Waals surface area contributed by atoms with Gasteiger partial charge < -0.3 is 4.74 Å². The van der Waals surface area contributed by atoms with Crippen LogP contribution in [0.1, 0.15) is 26.3 Å². The van der Waals surface area contributed by atoms with Crippen molar-refractivity contribution >= 4 is 34.4 Å². The zero-order chi connectivity index (χ0) is 13.7. The Morgan fingerprint density at radius 3 is 2.68 bits per heavy atom. The Bertz CT molecular complexity index is 642. The number of Topliss-reactive ketones (excluding diaryl/α,β-unsaturated/α-hetero) is 1. The predicted molar refractivity (Wildman–Crippen MR) is 75.6 cm³/mol. The van der Waals surface area contributed by atoms with E-state index in [-0.39, 0.29) is 12.4 Å². The molecule has 5 heteroatoms. The fourth-order valence-electron chi connectivity index (χ4n) is 1.27. The number of ether oxygens (including phenoxy) is 1. The Kier molecular flexibility index (Phi) is 4.50. The number of rotatable bonds is 3. The summed E-state index contributed by atoms with van der Waals surface area (Å²) in [6.45, 7) is 1.06. The van der Waals surface area contributed by atoms with Crippen molar-refractivity contribution in [3.05, 3.63) is 44.3 Å². The van der Waals surface area contributed by atoms with Gasteiger partial charge in [0.2, 0.25) is 5.78 Å². The highest BCUT2D eigenvalue weighted by Crippen LogP contribution is 2.16. The number of carbonyl (C=O) groups is 2. The third kappa shape index (κ3) is 4.05. The summed E-state index contributed by atoms with van der Waals surface area (Å²) in [5.41, 5.74) is 0. The van der Waals surface area contributed by atoms with Gasteiger partial charge >= 0.3 is 5.97 Å². The van der Waals surface area contributed by atoms with Crippen molar-refractivity contribution in [2.24, 2.45) is 0 Å². The van der Waals surface area contributed by atoms with Crippen LogP contribution in [0.15, 0.2) is 29.6 Å². The van der Waals surface area contributed by atoms with Crippen LogP contribution in [0.2, 0.25) is 0 Å². The first-order chi connectivity index (χ1) is 9.15. The number of carbonyl (C=O) groups excluding carboxylic acids is 2. The van der Waals surface area contributed by atoms with E-state index in [4.69, 9.17) is 0 Å². The second-order valence-electron chi connectivity index (χ2n) is 3.59. The van der Waals surface area contributed by atoms with Gasteiger partial charge in [0, 0.05) is 6.92 Å². The third-order valence-electron chi connectivity index (χ3n) is 2.12. The van der Waals surface area contributed by atoms with Crippen LogP contribution < -0.4 is 0 Å². The number of thiophene rings is 2. The van der Waals surface area contributed by atoms with Gasteiger partial charge in [0.15, 0.2) is 6.61 Å². The molecule has 0 atom stereocenters. The Morgan fingerprint density at radius 2 is 2.00 bits per heavy atom. The van der Waals surface area contributed by atoms with E-state index in [0.29, 0.717) is 4.88 Å². The van der Waals surface area contributed by atoms with Gasteiger partial charge in [-0.25, -0.2) is 0 Å². The molecule has 0 aliphatic carbocycles. The summed E-state index contributed by atoms with van der Waals surface area (Å²) < 4.78 is 4.67. The Morgan fingerprint density at radius 1 is 1.21 bits per heavy atom. The molecule has 96 valence electrons. The molecule has 2 heterocycles. The van der Waals surface area contributed by atoms with Gasteiger partial charge in [0.25, 0.3) is 0 Å². The highest BCUT2D eigenvalue weighted by molar-refractivity contribution is 7.14. The topological polar surface area (TPSA) is 43.4 Å². The van der Waals surface area contributed by atoms with Gasteiger partial charge in [0.1, 0.15) is 0 Å². The van der Waals surface area contributed by atoms with Crippen LogP contribution in [0.25, 0.3) is 0 Å². The van der Waals surface area contributed by atoms with Gasteiger partial charge in [0.05, 0.1) is 14.6 Å². The molecule has 2 aromatic heterocycles. The number of hydrogen-bond donors (Lipinski definition) is 0. The van der Waals surface area contributed by atoms with Gasteiger partial charge in [-0.1, -0.05) is 6.07 Å². The molecule has 0 aromatic carbocycles. The molecular weight excluding hydrogens is 280 g/mol. The smallest absolute Gasteiger partial charge is 0.303 e. The lowest BCUT2D eigenvalue weighted by Gasteiger charge is -1.97. The van der Waals surface area contributed by atoms with Crippen LogP contribution in [0, 0.1) is 11.8 Å². The fraction of sp³-hybridized carbons (Fsp3) is 0.143. The molecule has 0 radical (unpaired) electrons. The maximum atomic E-state index is 11.7. The molecule has 0 spiro atoms. The molecule has 0 saturated carbocycles. The Balaban J connectivity index is 2.03. The summed E-state index contributed by atoms with van der Waals surface area (Å²) in [7, 11) is 0. The molecule has 2 aromatic rings. The fourth-order valence-corrected chi connectivity index (χ4v) is 2.62. The van der Waals surface area contributed by atoms with Crippen LogP contribution in [-0.2, 0) is 9.53 Å². The van der Waals surface area contributed by atoms with E-state index in [1.165, 1.54) is 18.3 Å². The van der Waals surface area contributed by atoms with Crippen LogP contribution in [0.5, 0.6) is 0 Å². The maximum Gasteiger partial charge on any atom is 0.303 e. The minimum atomic E-state index is -0.456. The molecule has 0 bridgehead atoms. The first-order valence-electron chi connectivity index (χ1n) is 5.47. The molecule has 0 aliphatic heterocycles. The van der Waals surface area contributed by atoms with Crippen LogP contribution in [0.4, 0.5) is 0 Å². The van der Waals surface area contributed by atoms with Crippen LogP contribution in [-0.4, -0.2) is 18.4 Å². The van der Waals surface area contributed by atoms with Crippen LogP contribution >= 0.6 is 22.7 Å². The van der Waals surface area contributed by atoms with Gasteiger partial charge in [-0.05, 0) is 35.4 Å². The van der Waals surface area contributed by atoms with Gasteiger partial charge in [-0.2, -0.15) is 0 Å². The second-order valence-corrected chi connectivity index (χ2v) is 5.63. The Hall–Kier alpha value is -1.90. The monoisotopic (exact) mass is 290 g/mol. The zero-order valence-electron chi connectivity index (χ0n) is 10.1. The predicted octanol–water partition coefficient (Wildman–Crippen LogP) is 2.96. The molecule has 0 N–H and O–H groups in total. The lowest BCUT2D eigenvalue weighted by atomic mass is 10.3. The summed E-state index contributed by atoms with van der Waals surface area (Å²) in [5.74, 6) is 5.37. The molecule has 0 fully saturated rings. The van der Waals surface area contributed by atoms with Crippen molar-refractivity contribution in [1.29, 1.82) is 0 Å². The zero-order valence-corrected chi connectivity index (χ0v) is 11.8. The summed E-state index contributed by atoms with van der Waals surface area (Å²) in [4.78, 5) is 24.7. The molecule has 0 unspecified atom stereocenters. The molecule has 3 nitrogen and oxygen atoms in total. The average molecular weight is 290 g/mol. The minimum Gasteiger partial charge on any atom is -0.457 e. The summed E-state index contributed by atoms with van der Waals surface area (Å²) in [6, 6.07) is 7.39. The lowest BCUT2D eigenvalue weighted by Crippen LogP contribution is -2.10. The number of hydrogen-bond acceptors (Lipinski definition) is 5. The normalized spacial score (nSPS) is 9.53. The van der Waals surface area contributed by atoms with E-state index in [1.807, 2.05) is 17.5 Å².